The van der Waals surface area contributed by atoms with Gasteiger partial charge in [0.15, 0.2) is 10.3 Å². The largest absolute Gasteiger partial charge is 0.332 e. The van der Waals surface area contributed by atoms with E-state index in [1.54, 1.807) is 23.1 Å². The van der Waals surface area contributed by atoms with Crippen molar-refractivity contribution < 1.29 is 0 Å². The van der Waals surface area contributed by atoms with Gasteiger partial charge in [0, 0.05) is 16.8 Å². The minimum absolute atomic E-state index is 0.767. The van der Waals surface area contributed by atoms with Crippen LogP contribution in [0, 0.1) is 0 Å². The zero-order valence-corrected chi connectivity index (χ0v) is 20.2. The SMILES string of the molecule is c1ccc(Cn2c(CN3CCCCC3)nnc2SCc2csc(Nc3ccccc3)n2)cc1. The van der Waals surface area contributed by atoms with Gasteiger partial charge in [0.2, 0.25) is 0 Å². The number of nitrogens with zero attached hydrogens (tertiary/aromatic N) is 5. The first-order chi connectivity index (χ1) is 16.3. The Labute approximate surface area is 203 Å². The molecule has 8 heteroatoms. The molecule has 1 aliphatic rings. The summed E-state index contributed by atoms with van der Waals surface area (Å²) in [4.78, 5) is 7.26. The van der Waals surface area contributed by atoms with Crippen molar-refractivity contribution in [3.8, 4) is 0 Å². The molecule has 2 aromatic heterocycles. The number of nitrogens with one attached hydrogen (secondary N) is 1. The highest BCUT2D eigenvalue weighted by atomic mass is 32.2. The number of aromatic nitrogens is 4. The van der Waals surface area contributed by atoms with Crippen molar-refractivity contribution in [2.24, 2.45) is 0 Å². The summed E-state index contributed by atoms with van der Waals surface area (Å²) < 4.78 is 2.28. The molecule has 1 aliphatic heterocycles. The van der Waals surface area contributed by atoms with Crippen LogP contribution in [-0.4, -0.2) is 37.7 Å². The van der Waals surface area contributed by atoms with Crippen molar-refractivity contribution in [3.63, 3.8) is 0 Å². The topological polar surface area (TPSA) is 58.9 Å². The predicted octanol–water partition coefficient (Wildman–Crippen LogP) is 5.80. The fraction of sp³-hybridized carbons (Fsp3) is 0.320. The number of rotatable bonds is 9. The minimum Gasteiger partial charge on any atom is -0.332 e. The first kappa shape index (κ1) is 22.1. The number of thiazole rings is 1. The molecule has 0 radical (unpaired) electrons. The molecule has 0 atom stereocenters. The highest BCUT2D eigenvalue weighted by molar-refractivity contribution is 7.98. The summed E-state index contributed by atoms with van der Waals surface area (Å²) >= 11 is 3.34. The van der Waals surface area contributed by atoms with Crippen LogP contribution in [0.1, 0.15) is 36.3 Å². The van der Waals surface area contributed by atoms with Gasteiger partial charge >= 0.3 is 0 Å². The van der Waals surface area contributed by atoms with Crippen LogP contribution in [0.3, 0.4) is 0 Å². The van der Waals surface area contributed by atoms with Gasteiger partial charge in [-0.25, -0.2) is 4.98 Å². The van der Waals surface area contributed by atoms with Crippen LogP contribution in [0.2, 0.25) is 0 Å². The van der Waals surface area contributed by atoms with E-state index in [0.29, 0.717) is 0 Å². The van der Waals surface area contributed by atoms with E-state index < -0.39 is 0 Å². The van der Waals surface area contributed by atoms with Crippen molar-refractivity contribution >= 4 is 33.9 Å². The molecule has 1 saturated heterocycles. The van der Waals surface area contributed by atoms with Crippen LogP contribution < -0.4 is 5.32 Å². The van der Waals surface area contributed by atoms with Gasteiger partial charge in [-0.05, 0) is 43.6 Å². The second kappa shape index (κ2) is 11.0. The predicted molar refractivity (Wildman–Crippen MR) is 136 cm³/mol. The van der Waals surface area contributed by atoms with Crippen LogP contribution in [0.15, 0.2) is 71.2 Å². The molecule has 0 spiro atoms. The Hall–Kier alpha value is -2.68. The van der Waals surface area contributed by atoms with E-state index >= 15 is 0 Å². The molecule has 5 rings (SSSR count). The third-order valence-corrected chi connectivity index (χ3v) is 7.52. The van der Waals surface area contributed by atoms with Gasteiger partial charge in [0.05, 0.1) is 18.8 Å². The maximum absolute atomic E-state index is 4.76. The fourth-order valence-electron chi connectivity index (χ4n) is 4.00. The van der Waals surface area contributed by atoms with Gasteiger partial charge in [0.25, 0.3) is 0 Å². The third-order valence-electron chi connectivity index (χ3n) is 5.72. The highest BCUT2D eigenvalue weighted by Crippen LogP contribution is 2.27. The lowest BCUT2D eigenvalue weighted by Crippen LogP contribution is -2.30. The lowest BCUT2D eigenvalue weighted by molar-refractivity contribution is 0.213. The smallest absolute Gasteiger partial charge is 0.191 e. The van der Waals surface area contributed by atoms with Crippen LogP contribution in [-0.2, 0) is 18.8 Å². The quantitative estimate of drug-likeness (QED) is 0.308. The summed E-state index contributed by atoms with van der Waals surface area (Å²) in [5.74, 6) is 1.82. The summed E-state index contributed by atoms with van der Waals surface area (Å²) in [7, 11) is 0. The molecule has 170 valence electrons. The zero-order valence-electron chi connectivity index (χ0n) is 18.6. The Morgan fingerprint density at radius 3 is 2.42 bits per heavy atom. The van der Waals surface area contributed by atoms with Crippen molar-refractivity contribution in [2.75, 3.05) is 18.4 Å². The molecule has 3 heterocycles. The number of hydrogen-bond donors (Lipinski definition) is 1. The number of hydrogen-bond acceptors (Lipinski definition) is 7. The number of anilines is 2. The van der Waals surface area contributed by atoms with E-state index in [2.05, 4.69) is 60.7 Å². The lowest BCUT2D eigenvalue weighted by atomic mass is 10.1. The Balaban J connectivity index is 1.29. The average Bonchev–Trinajstić information content (AvgIpc) is 3.46. The van der Waals surface area contributed by atoms with Crippen LogP contribution in [0.4, 0.5) is 10.8 Å². The Bertz CT molecular complexity index is 1140. The van der Waals surface area contributed by atoms with Gasteiger partial charge in [0.1, 0.15) is 5.82 Å². The number of piperidine rings is 1. The number of para-hydroxylation sites is 1. The maximum atomic E-state index is 4.76. The molecule has 0 bridgehead atoms. The maximum Gasteiger partial charge on any atom is 0.191 e. The first-order valence-electron chi connectivity index (χ1n) is 11.4. The average molecular weight is 477 g/mol. The molecule has 1 fully saturated rings. The normalized spacial score (nSPS) is 14.4. The fourth-order valence-corrected chi connectivity index (χ4v) is 5.68. The highest BCUT2D eigenvalue weighted by Gasteiger charge is 2.18. The monoisotopic (exact) mass is 476 g/mol. The van der Waals surface area contributed by atoms with E-state index in [4.69, 9.17) is 4.98 Å². The summed E-state index contributed by atoms with van der Waals surface area (Å²) in [6.45, 7) is 3.95. The summed E-state index contributed by atoms with van der Waals surface area (Å²) in [6.07, 6.45) is 3.89. The molecule has 4 aromatic rings. The molecule has 1 N–H and O–H groups in total. The zero-order chi connectivity index (χ0) is 22.3. The van der Waals surface area contributed by atoms with E-state index in [1.165, 1.54) is 24.8 Å². The molecule has 0 amide bonds. The molecule has 6 nitrogen and oxygen atoms in total. The molecule has 33 heavy (non-hydrogen) atoms. The second-order valence-electron chi connectivity index (χ2n) is 8.23. The molecule has 0 saturated carbocycles. The van der Waals surface area contributed by atoms with Crippen molar-refractivity contribution in [3.05, 3.63) is 83.1 Å². The summed E-state index contributed by atoms with van der Waals surface area (Å²) in [5, 5.41) is 16.5. The molecule has 0 unspecified atom stereocenters. The van der Waals surface area contributed by atoms with E-state index in [0.717, 1.165) is 59.4 Å². The Morgan fingerprint density at radius 1 is 0.879 bits per heavy atom. The van der Waals surface area contributed by atoms with Crippen molar-refractivity contribution in [2.45, 2.75) is 43.3 Å². The van der Waals surface area contributed by atoms with Gasteiger partial charge < -0.3 is 9.88 Å². The van der Waals surface area contributed by atoms with Crippen molar-refractivity contribution in [1.29, 1.82) is 0 Å². The van der Waals surface area contributed by atoms with Crippen LogP contribution in [0.5, 0.6) is 0 Å². The molecular weight excluding hydrogens is 448 g/mol. The number of benzene rings is 2. The standard InChI is InChI=1S/C25H28N6S2/c1-4-10-20(11-5-1)16-31-23(17-30-14-8-3-9-15-30)28-29-25(31)33-19-22-18-32-24(27-22)26-21-12-6-2-7-13-21/h1-2,4-7,10-13,18H,3,8-9,14-17,19H2,(H,26,27). The van der Waals surface area contributed by atoms with E-state index in [9.17, 15) is 0 Å². The second-order valence-corrected chi connectivity index (χ2v) is 10.0. The molecule has 0 aliphatic carbocycles. The molecule has 2 aromatic carbocycles. The van der Waals surface area contributed by atoms with E-state index in [-0.39, 0.29) is 0 Å². The summed E-state index contributed by atoms with van der Waals surface area (Å²) in [6, 6.07) is 20.7. The minimum atomic E-state index is 0.767. The number of likely N-dealkylation sites (tertiary alicyclic amines) is 1. The van der Waals surface area contributed by atoms with Crippen molar-refractivity contribution in [1.82, 2.24) is 24.6 Å². The number of thioether (sulfide) groups is 1. The first-order valence-corrected chi connectivity index (χ1v) is 13.3. The summed E-state index contributed by atoms with van der Waals surface area (Å²) in [5.41, 5.74) is 3.37. The van der Waals surface area contributed by atoms with E-state index in [1.807, 2.05) is 30.3 Å². The van der Waals surface area contributed by atoms with Crippen LogP contribution in [0.25, 0.3) is 0 Å². The Morgan fingerprint density at radius 2 is 1.64 bits per heavy atom. The van der Waals surface area contributed by atoms with Gasteiger partial charge in [-0.1, -0.05) is 66.7 Å². The van der Waals surface area contributed by atoms with Gasteiger partial charge in [-0.3, -0.25) is 4.90 Å². The Kier molecular flexibility index (Phi) is 7.35. The third kappa shape index (κ3) is 6.01. The van der Waals surface area contributed by atoms with Gasteiger partial charge in [-0.2, -0.15) is 0 Å². The van der Waals surface area contributed by atoms with Crippen LogP contribution >= 0.6 is 23.1 Å². The lowest BCUT2D eigenvalue weighted by Gasteiger charge is -2.26. The van der Waals surface area contributed by atoms with Gasteiger partial charge in [-0.15, -0.1) is 21.5 Å². The molecular formula is C25H28N6S2.